The summed E-state index contributed by atoms with van der Waals surface area (Å²) in [6.45, 7) is 5.73. The Morgan fingerprint density at radius 3 is 2.65 bits per heavy atom. The first-order valence-corrected chi connectivity index (χ1v) is 11.9. The lowest BCUT2D eigenvalue weighted by molar-refractivity contribution is 0.0924. The summed E-state index contributed by atoms with van der Waals surface area (Å²) in [6, 6.07) is 7.87. The Morgan fingerprint density at radius 1 is 1.21 bits per heavy atom. The average Bonchev–Trinajstić information content (AvgIpc) is 2.80. The molecule has 1 amide bonds. The molecule has 4 rings (SSSR count). The van der Waals surface area contributed by atoms with Gasteiger partial charge in [0.15, 0.2) is 0 Å². The van der Waals surface area contributed by atoms with E-state index in [0.717, 1.165) is 30.5 Å². The summed E-state index contributed by atoms with van der Waals surface area (Å²) in [4.78, 5) is 21.2. The molecule has 3 aromatic rings. The highest BCUT2D eigenvalue weighted by Crippen LogP contribution is 2.41. The van der Waals surface area contributed by atoms with Crippen molar-refractivity contribution in [1.82, 2.24) is 15.3 Å². The molecule has 1 aliphatic carbocycles. The molecule has 3 N–H and O–H groups in total. The number of aliphatic hydroxyl groups is 1. The minimum absolute atomic E-state index is 0.133. The number of nitrogens with zero attached hydrogens (tertiary/aromatic N) is 2. The summed E-state index contributed by atoms with van der Waals surface area (Å²) >= 11 is 6.08. The first kappa shape index (κ1) is 25.6. The first-order valence-electron chi connectivity index (χ1n) is 11.5. The highest BCUT2D eigenvalue weighted by Gasteiger charge is 2.24. The fraction of sp³-hybridized carbons (Fsp3) is 0.346. The largest absolute Gasteiger partial charge is 0.392 e. The molecule has 6 nitrogen and oxygen atoms in total. The lowest BCUT2D eigenvalue weighted by atomic mass is 9.80. The molecule has 0 bridgehead atoms. The third-order valence-electron chi connectivity index (χ3n) is 5.58. The van der Waals surface area contributed by atoms with E-state index in [0.29, 0.717) is 33.4 Å². The molecule has 2 heterocycles. The number of rotatable bonds is 7. The predicted octanol–water partition coefficient (Wildman–Crippen LogP) is 6.08. The molecule has 0 aliphatic heterocycles. The number of carbonyl (C=O) groups excluding carboxylic acids is 1. The zero-order valence-electron chi connectivity index (χ0n) is 19.6. The minimum atomic E-state index is -0.660. The van der Waals surface area contributed by atoms with Crippen LogP contribution in [0.4, 0.5) is 15.8 Å². The highest BCUT2D eigenvalue weighted by atomic mass is 35.5. The average molecular weight is 485 g/mol. The Hall–Kier alpha value is -3.03. The van der Waals surface area contributed by atoms with Crippen molar-refractivity contribution < 1.29 is 14.3 Å². The fourth-order valence-electron chi connectivity index (χ4n) is 3.62. The number of anilines is 2. The van der Waals surface area contributed by atoms with E-state index in [1.165, 1.54) is 18.3 Å². The zero-order chi connectivity index (χ0) is 24.7. The number of hydrogen-bond donors (Lipinski definition) is 3. The second kappa shape index (κ2) is 11.9. The number of aromatic nitrogens is 2. The summed E-state index contributed by atoms with van der Waals surface area (Å²) in [5, 5.41) is 15.9. The van der Waals surface area contributed by atoms with Gasteiger partial charge in [-0.05, 0) is 61.6 Å². The Balaban J connectivity index is 0.00000158. The van der Waals surface area contributed by atoms with Gasteiger partial charge in [-0.3, -0.25) is 14.8 Å². The summed E-state index contributed by atoms with van der Waals surface area (Å²) in [5.74, 6) is -0.397. The van der Waals surface area contributed by atoms with Crippen molar-refractivity contribution in [1.29, 1.82) is 0 Å². The fourth-order valence-corrected chi connectivity index (χ4v) is 3.80. The first-order chi connectivity index (χ1) is 16.4. The van der Waals surface area contributed by atoms with Gasteiger partial charge in [0, 0.05) is 41.4 Å². The van der Waals surface area contributed by atoms with Crippen LogP contribution in [0.2, 0.25) is 5.02 Å². The second-order valence-corrected chi connectivity index (χ2v) is 8.45. The summed E-state index contributed by atoms with van der Waals surface area (Å²) in [7, 11) is 0. The van der Waals surface area contributed by atoms with Gasteiger partial charge in [0.2, 0.25) is 0 Å². The molecule has 8 heteroatoms. The molecule has 0 spiro atoms. The number of hydrogen-bond acceptors (Lipinski definition) is 5. The van der Waals surface area contributed by atoms with Crippen LogP contribution in [-0.4, -0.2) is 33.6 Å². The lowest BCUT2D eigenvalue weighted by Crippen LogP contribution is -2.31. The number of aliphatic hydroxyl groups excluding tert-OH is 1. The van der Waals surface area contributed by atoms with Gasteiger partial charge in [0.25, 0.3) is 5.91 Å². The van der Waals surface area contributed by atoms with Gasteiger partial charge in [-0.15, -0.1) is 0 Å². The minimum Gasteiger partial charge on any atom is -0.392 e. The van der Waals surface area contributed by atoms with Gasteiger partial charge in [0.05, 0.1) is 23.0 Å². The van der Waals surface area contributed by atoms with Crippen LogP contribution < -0.4 is 10.6 Å². The molecule has 1 aromatic carbocycles. The molecular weight excluding hydrogens is 455 g/mol. The van der Waals surface area contributed by atoms with E-state index in [1.54, 1.807) is 37.5 Å². The number of halogens is 2. The van der Waals surface area contributed by atoms with Crippen LogP contribution >= 0.6 is 11.6 Å². The Kier molecular flexibility index (Phi) is 8.96. The van der Waals surface area contributed by atoms with Crippen molar-refractivity contribution >= 4 is 28.9 Å². The number of amides is 1. The van der Waals surface area contributed by atoms with Gasteiger partial charge < -0.3 is 15.7 Å². The van der Waals surface area contributed by atoms with Crippen LogP contribution in [0, 0.1) is 5.82 Å². The monoisotopic (exact) mass is 484 g/mol. The summed E-state index contributed by atoms with van der Waals surface area (Å²) < 4.78 is 14.5. The molecule has 180 valence electrons. The second-order valence-electron chi connectivity index (χ2n) is 8.01. The molecule has 1 aliphatic rings. The Labute approximate surface area is 204 Å². The number of pyridine rings is 2. The van der Waals surface area contributed by atoms with Gasteiger partial charge in [-0.25, -0.2) is 4.39 Å². The number of benzene rings is 1. The summed E-state index contributed by atoms with van der Waals surface area (Å²) in [5.41, 5.74) is 3.45. The third-order valence-corrected chi connectivity index (χ3v) is 5.81. The van der Waals surface area contributed by atoms with Crippen molar-refractivity contribution in [3.8, 4) is 11.3 Å². The topological polar surface area (TPSA) is 87.1 Å². The van der Waals surface area contributed by atoms with E-state index in [9.17, 15) is 14.3 Å². The molecule has 2 aromatic heterocycles. The Bertz CT molecular complexity index is 1140. The van der Waals surface area contributed by atoms with Crippen LogP contribution in [0.25, 0.3) is 11.3 Å². The highest BCUT2D eigenvalue weighted by molar-refractivity contribution is 6.30. The maximum atomic E-state index is 14.5. The lowest BCUT2D eigenvalue weighted by Gasteiger charge is -2.28. The van der Waals surface area contributed by atoms with Crippen LogP contribution in [0.15, 0.2) is 48.9 Å². The number of carbonyl (C=O) groups is 1. The van der Waals surface area contributed by atoms with Crippen LogP contribution in [0.3, 0.4) is 0 Å². The standard InChI is InChI=1S/C24H24ClFN4O2.C2H6/c1-14(31)11-29-24(32)19-12-27-8-7-21(19)30-23-10-22(17-9-16(25)5-6-20(17)26)28-13-18(23)15-3-2-4-15;1-2/h5-10,12-15,31H,2-4,11H2,1H3,(H,29,32)(H,27,28,30);1-2H3. The molecule has 1 saturated carbocycles. The molecule has 1 fully saturated rings. The van der Waals surface area contributed by atoms with Gasteiger partial charge >= 0.3 is 0 Å². The van der Waals surface area contributed by atoms with E-state index < -0.39 is 11.9 Å². The van der Waals surface area contributed by atoms with Crippen molar-refractivity contribution in [2.75, 3.05) is 11.9 Å². The quantitative estimate of drug-likeness (QED) is 0.378. The molecule has 0 saturated heterocycles. The van der Waals surface area contributed by atoms with Crippen molar-refractivity contribution in [2.45, 2.75) is 52.1 Å². The van der Waals surface area contributed by atoms with Crippen LogP contribution in [-0.2, 0) is 0 Å². The molecule has 1 unspecified atom stereocenters. The SMILES string of the molecule is CC.CC(O)CNC(=O)c1cnccc1Nc1cc(-c2cc(Cl)ccc2F)ncc1C1CCC1. The van der Waals surface area contributed by atoms with E-state index in [1.807, 2.05) is 13.8 Å². The van der Waals surface area contributed by atoms with Crippen molar-refractivity contribution in [3.05, 3.63) is 70.9 Å². The van der Waals surface area contributed by atoms with Crippen LogP contribution in [0.5, 0.6) is 0 Å². The predicted molar refractivity (Wildman–Crippen MR) is 134 cm³/mol. The van der Waals surface area contributed by atoms with Gasteiger partial charge in [-0.2, -0.15) is 0 Å². The van der Waals surface area contributed by atoms with Crippen LogP contribution in [0.1, 0.15) is 61.9 Å². The third kappa shape index (κ3) is 6.10. The molecule has 34 heavy (non-hydrogen) atoms. The van der Waals surface area contributed by atoms with E-state index in [4.69, 9.17) is 11.6 Å². The molecule has 1 atom stereocenters. The number of nitrogens with one attached hydrogen (secondary N) is 2. The van der Waals surface area contributed by atoms with Crippen molar-refractivity contribution in [3.63, 3.8) is 0 Å². The van der Waals surface area contributed by atoms with Crippen molar-refractivity contribution in [2.24, 2.45) is 0 Å². The van der Waals surface area contributed by atoms with Gasteiger partial charge in [0.1, 0.15) is 5.82 Å². The maximum absolute atomic E-state index is 14.5. The zero-order valence-corrected chi connectivity index (χ0v) is 20.4. The van der Waals surface area contributed by atoms with E-state index in [-0.39, 0.29) is 12.5 Å². The summed E-state index contributed by atoms with van der Waals surface area (Å²) in [6.07, 6.45) is 7.44. The smallest absolute Gasteiger partial charge is 0.255 e. The van der Waals surface area contributed by atoms with Gasteiger partial charge in [-0.1, -0.05) is 31.9 Å². The molecule has 0 radical (unpaired) electrons. The van der Waals surface area contributed by atoms with E-state index >= 15 is 0 Å². The maximum Gasteiger partial charge on any atom is 0.255 e. The molecular formula is C26H30ClFN4O2. The van der Waals surface area contributed by atoms with E-state index in [2.05, 4.69) is 20.6 Å². The normalized spacial score (nSPS) is 13.8. The Morgan fingerprint density at radius 2 is 1.97 bits per heavy atom.